The van der Waals surface area contributed by atoms with Crippen LogP contribution >= 0.6 is 11.3 Å². The highest BCUT2D eigenvalue weighted by Crippen LogP contribution is 2.29. The van der Waals surface area contributed by atoms with Crippen LogP contribution in [-0.4, -0.2) is 40.8 Å². The van der Waals surface area contributed by atoms with Gasteiger partial charge in [-0.3, -0.25) is 9.48 Å². The van der Waals surface area contributed by atoms with Gasteiger partial charge in [0.1, 0.15) is 11.4 Å². The zero-order valence-corrected chi connectivity index (χ0v) is 16.8. The van der Waals surface area contributed by atoms with Crippen molar-refractivity contribution in [2.75, 3.05) is 20.2 Å². The van der Waals surface area contributed by atoms with Crippen LogP contribution in [0.2, 0.25) is 0 Å². The molecule has 3 aromatic rings. The summed E-state index contributed by atoms with van der Waals surface area (Å²) in [5.74, 6) is 0.210. The lowest BCUT2D eigenvalue weighted by Gasteiger charge is -2.16. The lowest BCUT2D eigenvalue weighted by molar-refractivity contribution is 0.0777. The van der Waals surface area contributed by atoms with Crippen molar-refractivity contribution in [3.63, 3.8) is 0 Å². The number of likely N-dealkylation sites (N-methyl/N-ethyl adjacent to an activating group) is 1. The fraction of sp³-hybridized carbons (Fsp3) is 0.400. The minimum absolute atomic E-state index is 0.0659. The zero-order chi connectivity index (χ0) is 19.6. The number of fused-ring (bicyclic) bond motifs is 1. The Morgan fingerprint density at radius 2 is 2.11 bits per heavy atom. The highest BCUT2D eigenvalue weighted by atomic mass is 32.1. The topological polar surface area (TPSA) is 47.4 Å². The summed E-state index contributed by atoms with van der Waals surface area (Å²) in [7, 11) is 1.73. The van der Waals surface area contributed by atoms with Gasteiger partial charge < -0.3 is 9.64 Å². The molecule has 27 heavy (non-hydrogen) atoms. The highest BCUT2D eigenvalue weighted by Gasteiger charge is 2.19. The van der Waals surface area contributed by atoms with Crippen LogP contribution < -0.4 is 4.74 Å². The molecule has 7 heteroatoms. The quantitative estimate of drug-likeness (QED) is 0.603. The van der Waals surface area contributed by atoms with Gasteiger partial charge >= 0.3 is 0 Å². The normalized spacial score (nSPS) is 11.3. The van der Waals surface area contributed by atoms with E-state index in [1.54, 1.807) is 30.1 Å². The molecule has 144 valence electrons. The first-order chi connectivity index (χ1) is 12.9. The summed E-state index contributed by atoms with van der Waals surface area (Å²) in [4.78, 5) is 16.0. The van der Waals surface area contributed by atoms with E-state index in [-0.39, 0.29) is 18.3 Å². The molecule has 0 aliphatic heterocycles. The Balaban J connectivity index is 1.67. The molecule has 1 aromatic carbocycles. The highest BCUT2D eigenvalue weighted by molar-refractivity contribution is 7.20. The first-order valence-electron chi connectivity index (χ1n) is 8.96. The Hall–Kier alpha value is -2.41. The molecule has 0 aliphatic rings. The number of ether oxygens (including phenoxy) is 1. The number of para-hydroxylation sites is 1. The number of aryl methyl sites for hydroxylation is 1. The molecule has 0 radical (unpaired) electrons. The Morgan fingerprint density at radius 3 is 2.81 bits per heavy atom. The summed E-state index contributed by atoms with van der Waals surface area (Å²) in [5, 5.41) is 5.60. The number of carbonyl (C=O) groups is 1. The predicted molar refractivity (Wildman–Crippen MR) is 106 cm³/mol. The molecular weight excluding hydrogens is 365 g/mol. The summed E-state index contributed by atoms with van der Waals surface area (Å²) < 4.78 is 21.0. The summed E-state index contributed by atoms with van der Waals surface area (Å²) in [6, 6.07) is 8.17. The summed E-state index contributed by atoms with van der Waals surface area (Å²) in [5.41, 5.74) is 0.937. The smallest absolute Gasteiger partial charge is 0.263 e. The molecule has 0 aliphatic carbocycles. The molecule has 5 nitrogen and oxygen atoms in total. The average molecular weight is 389 g/mol. The van der Waals surface area contributed by atoms with Crippen LogP contribution in [0.4, 0.5) is 4.39 Å². The monoisotopic (exact) mass is 389 g/mol. The number of nitrogens with zero attached hydrogens (tertiary/aromatic N) is 3. The number of carbonyl (C=O) groups excluding carboxylic acids is 1. The molecule has 2 aromatic heterocycles. The number of benzene rings is 1. The van der Waals surface area contributed by atoms with Gasteiger partial charge in [-0.15, -0.1) is 11.3 Å². The zero-order valence-electron chi connectivity index (χ0n) is 16.0. The van der Waals surface area contributed by atoms with Crippen molar-refractivity contribution in [2.24, 2.45) is 5.92 Å². The first-order valence-corrected chi connectivity index (χ1v) is 9.78. The second-order valence-electron chi connectivity index (χ2n) is 7.00. The van der Waals surface area contributed by atoms with E-state index >= 15 is 0 Å². The van der Waals surface area contributed by atoms with Crippen molar-refractivity contribution < 1.29 is 13.9 Å². The van der Waals surface area contributed by atoms with Crippen LogP contribution in [0.25, 0.3) is 10.2 Å². The van der Waals surface area contributed by atoms with Crippen molar-refractivity contribution >= 4 is 27.5 Å². The van der Waals surface area contributed by atoms with E-state index in [0.29, 0.717) is 17.3 Å². The van der Waals surface area contributed by atoms with E-state index in [4.69, 9.17) is 4.74 Å². The second-order valence-corrected chi connectivity index (χ2v) is 8.03. The van der Waals surface area contributed by atoms with E-state index < -0.39 is 5.82 Å². The van der Waals surface area contributed by atoms with Gasteiger partial charge in [-0.05, 0) is 31.0 Å². The van der Waals surface area contributed by atoms with E-state index in [9.17, 15) is 9.18 Å². The summed E-state index contributed by atoms with van der Waals surface area (Å²) >= 11 is 1.46. The predicted octanol–water partition coefficient (Wildman–Crippen LogP) is 4.35. The third-order valence-corrected chi connectivity index (χ3v) is 5.36. The Kier molecular flexibility index (Phi) is 5.79. The number of hydrogen-bond acceptors (Lipinski definition) is 4. The lowest BCUT2D eigenvalue weighted by Crippen LogP contribution is -2.30. The van der Waals surface area contributed by atoms with Gasteiger partial charge in [0.05, 0.1) is 17.1 Å². The van der Waals surface area contributed by atoms with Crippen molar-refractivity contribution in [2.45, 2.75) is 27.3 Å². The fourth-order valence-electron chi connectivity index (χ4n) is 2.83. The Morgan fingerprint density at radius 1 is 1.37 bits per heavy atom. The molecule has 0 saturated heterocycles. The number of hydrogen-bond donors (Lipinski definition) is 0. The fourth-order valence-corrected chi connectivity index (χ4v) is 4.00. The van der Waals surface area contributed by atoms with Crippen LogP contribution in [0.15, 0.2) is 30.3 Å². The van der Waals surface area contributed by atoms with Gasteiger partial charge in [0.25, 0.3) is 5.91 Å². The Labute approximate surface area is 162 Å². The molecule has 0 unspecified atom stereocenters. The van der Waals surface area contributed by atoms with E-state index in [1.807, 2.05) is 17.7 Å². The van der Waals surface area contributed by atoms with Crippen LogP contribution in [0, 0.1) is 18.7 Å². The maximum absolute atomic E-state index is 13.6. The van der Waals surface area contributed by atoms with Gasteiger partial charge in [-0.2, -0.15) is 5.10 Å². The number of aromatic nitrogens is 2. The molecule has 0 fully saturated rings. The number of amides is 1. The van der Waals surface area contributed by atoms with E-state index in [1.165, 1.54) is 17.4 Å². The largest absolute Gasteiger partial charge is 0.489 e. The van der Waals surface area contributed by atoms with E-state index in [2.05, 4.69) is 18.9 Å². The number of rotatable bonds is 7. The van der Waals surface area contributed by atoms with Crippen LogP contribution in [0.3, 0.4) is 0 Å². The molecule has 0 N–H and O–H groups in total. The average Bonchev–Trinajstić information content (AvgIpc) is 3.17. The van der Waals surface area contributed by atoms with Crippen LogP contribution in [0.1, 0.15) is 29.2 Å². The van der Waals surface area contributed by atoms with Gasteiger partial charge in [-0.25, -0.2) is 4.39 Å². The molecule has 0 atom stereocenters. The van der Waals surface area contributed by atoms with Gasteiger partial charge in [0.15, 0.2) is 11.6 Å². The van der Waals surface area contributed by atoms with Gasteiger partial charge in [-0.1, -0.05) is 26.0 Å². The molecule has 2 heterocycles. The maximum Gasteiger partial charge on any atom is 0.263 e. The summed E-state index contributed by atoms with van der Waals surface area (Å²) in [6.07, 6.45) is 0. The number of halogens is 1. The summed E-state index contributed by atoms with van der Waals surface area (Å²) in [6.45, 7) is 7.68. The molecule has 0 bridgehead atoms. The second kappa shape index (κ2) is 8.08. The van der Waals surface area contributed by atoms with E-state index in [0.717, 1.165) is 22.5 Å². The van der Waals surface area contributed by atoms with Crippen LogP contribution in [-0.2, 0) is 6.54 Å². The molecule has 0 spiro atoms. The van der Waals surface area contributed by atoms with Crippen LogP contribution in [0.5, 0.6) is 5.75 Å². The molecule has 1 amide bonds. The van der Waals surface area contributed by atoms with Crippen molar-refractivity contribution in [1.82, 2.24) is 14.7 Å². The SMILES string of the molecule is Cc1nn(CC(C)C)c2sc(C(=O)N(C)CCOc3ccccc3F)cc12. The Bertz CT molecular complexity index is 948. The van der Waals surface area contributed by atoms with Gasteiger partial charge in [0.2, 0.25) is 0 Å². The maximum atomic E-state index is 13.6. The standard InChI is InChI=1S/C20H24FN3O2S/c1-13(2)12-24-20-15(14(3)22-24)11-18(27-20)19(25)23(4)9-10-26-17-8-6-5-7-16(17)21/h5-8,11,13H,9-10,12H2,1-4H3. The van der Waals surface area contributed by atoms with Crippen molar-refractivity contribution in [3.8, 4) is 5.75 Å². The minimum atomic E-state index is -0.402. The van der Waals surface area contributed by atoms with Gasteiger partial charge in [0, 0.05) is 19.0 Å². The molecule has 3 rings (SSSR count). The van der Waals surface area contributed by atoms with Crippen molar-refractivity contribution in [3.05, 3.63) is 46.7 Å². The first kappa shape index (κ1) is 19.4. The molecular formula is C20H24FN3O2S. The third kappa shape index (κ3) is 4.30. The lowest BCUT2D eigenvalue weighted by atomic mass is 10.2. The number of thiophene rings is 1. The third-order valence-electron chi connectivity index (χ3n) is 4.22. The minimum Gasteiger partial charge on any atom is -0.489 e. The van der Waals surface area contributed by atoms with Crippen molar-refractivity contribution in [1.29, 1.82) is 0 Å². The molecule has 0 saturated carbocycles.